The molecule has 3 heteroatoms. The lowest BCUT2D eigenvalue weighted by molar-refractivity contribution is 0.627. The van der Waals surface area contributed by atoms with Gasteiger partial charge in [-0.25, -0.2) is 8.60 Å². The van der Waals surface area contributed by atoms with E-state index in [0.717, 1.165) is 0 Å². The maximum absolute atomic E-state index is 12.4. The topological polar surface area (TPSA) is 17.1 Å². The van der Waals surface area contributed by atoms with Crippen molar-refractivity contribution < 1.29 is 8.60 Å². The molecule has 0 saturated heterocycles. The number of rotatable bonds is 1. The van der Waals surface area contributed by atoms with E-state index in [0.29, 0.717) is 16.8 Å². The smallest absolute Gasteiger partial charge is 0.123 e. The van der Waals surface area contributed by atoms with Crippen molar-refractivity contribution >= 4 is 16.6 Å². The molecule has 0 spiro atoms. The second kappa shape index (κ2) is 3.27. The molecule has 0 bridgehead atoms. The Labute approximate surface area is 61.6 Å². The van der Waals surface area contributed by atoms with Crippen LogP contribution >= 0.6 is 0 Å². The van der Waals surface area contributed by atoms with Gasteiger partial charge in [0.15, 0.2) is 0 Å². The Hall–Kier alpha value is -0.960. The zero-order valence-corrected chi connectivity index (χ0v) is 5.90. The summed E-state index contributed by atoms with van der Waals surface area (Å²) >= 11 is 0.322. The van der Waals surface area contributed by atoms with Crippen molar-refractivity contribution in [2.24, 2.45) is 0 Å². The number of hydrogen-bond donors (Lipinski definition) is 0. The summed E-state index contributed by atoms with van der Waals surface area (Å²) in [5.41, 5.74) is 0.611. The monoisotopic (exact) mass is 156 g/mol. The minimum absolute atomic E-state index is 0.317. The van der Waals surface area contributed by atoms with Crippen LogP contribution in [-0.4, -0.2) is 9.58 Å². The summed E-state index contributed by atoms with van der Waals surface area (Å²) in [6.07, 6.45) is 0. The highest BCUT2D eigenvalue weighted by atomic mass is 32.1. The summed E-state index contributed by atoms with van der Waals surface area (Å²) < 4.78 is 22.3. The maximum atomic E-state index is 12.4. The third-order valence-corrected chi connectivity index (χ3v) is 1.40. The predicted octanol–water partition coefficient (Wildman–Crippen LogP) is 1.19. The Morgan fingerprint density at radius 3 is 2.90 bits per heavy atom. The van der Waals surface area contributed by atoms with Gasteiger partial charge in [0.25, 0.3) is 0 Å². The van der Waals surface area contributed by atoms with Gasteiger partial charge < -0.3 is 0 Å². The standard InChI is InChI=1S/C7H5FOS/c8-7-3-1-2-6(4-7)5-10-9/h1-5H. The molecule has 52 valence electrons. The molecule has 0 aromatic heterocycles. The molecule has 0 aliphatic heterocycles. The van der Waals surface area contributed by atoms with E-state index in [1.54, 1.807) is 12.1 Å². The van der Waals surface area contributed by atoms with Gasteiger partial charge in [-0.1, -0.05) is 12.1 Å². The van der Waals surface area contributed by atoms with Crippen LogP contribution in [-0.2, 0) is 11.3 Å². The van der Waals surface area contributed by atoms with Crippen molar-refractivity contribution in [2.75, 3.05) is 0 Å². The second-order valence-corrected chi connectivity index (χ2v) is 2.20. The summed E-state index contributed by atoms with van der Waals surface area (Å²) in [7, 11) is 0. The first-order chi connectivity index (χ1) is 4.83. The Balaban J connectivity index is 3.06. The van der Waals surface area contributed by atoms with E-state index in [4.69, 9.17) is 0 Å². The van der Waals surface area contributed by atoms with Gasteiger partial charge in [-0.15, -0.1) is 0 Å². The first-order valence-corrected chi connectivity index (χ1v) is 3.51. The van der Waals surface area contributed by atoms with Crippen molar-refractivity contribution in [2.45, 2.75) is 0 Å². The fourth-order valence-corrected chi connectivity index (χ4v) is 0.893. The van der Waals surface area contributed by atoms with Gasteiger partial charge >= 0.3 is 0 Å². The molecule has 0 N–H and O–H groups in total. The molecule has 1 aromatic carbocycles. The second-order valence-electron chi connectivity index (χ2n) is 1.77. The molecule has 0 heterocycles. The van der Waals surface area contributed by atoms with Crippen LogP contribution in [0.4, 0.5) is 4.39 Å². The van der Waals surface area contributed by atoms with Crippen LogP contribution in [0.15, 0.2) is 24.3 Å². The van der Waals surface area contributed by atoms with Crippen LogP contribution < -0.4 is 0 Å². The van der Waals surface area contributed by atoms with Gasteiger partial charge in [-0.05, 0) is 17.7 Å². The summed E-state index contributed by atoms with van der Waals surface area (Å²) in [5, 5.41) is 1.35. The van der Waals surface area contributed by atoms with Gasteiger partial charge in [-0.2, -0.15) is 0 Å². The van der Waals surface area contributed by atoms with Crippen LogP contribution in [0, 0.1) is 5.82 Å². The fourth-order valence-electron chi connectivity index (χ4n) is 0.635. The molecule has 0 fully saturated rings. The molecule has 1 nitrogen and oxygen atoms in total. The van der Waals surface area contributed by atoms with Crippen LogP contribution in [0.2, 0.25) is 0 Å². The molecule has 0 radical (unpaired) electrons. The van der Waals surface area contributed by atoms with E-state index in [-0.39, 0.29) is 5.82 Å². The van der Waals surface area contributed by atoms with Crippen LogP contribution in [0.3, 0.4) is 0 Å². The molecule has 1 rings (SSSR count). The maximum Gasteiger partial charge on any atom is 0.123 e. The minimum atomic E-state index is -0.317. The van der Waals surface area contributed by atoms with Crippen molar-refractivity contribution in [3.63, 3.8) is 0 Å². The minimum Gasteiger partial charge on any atom is -0.212 e. The van der Waals surface area contributed by atoms with Gasteiger partial charge in [0.05, 0.1) is 11.3 Å². The van der Waals surface area contributed by atoms with Crippen LogP contribution in [0.25, 0.3) is 0 Å². The van der Waals surface area contributed by atoms with Crippen molar-refractivity contribution in [1.82, 2.24) is 0 Å². The molecule has 10 heavy (non-hydrogen) atoms. The van der Waals surface area contributed by atoms with E-state index >= 15 is 0 Å². The molecule has 0 aliphatic rings. The van der Waals surface area contributed by atoms with E-state index in [2.05, 4.69) is 0 Å². The SMILES string of the molecule is O=S=Cc1cccc(F)c1. The van der Waals surface area contributed by atoms with E-state index in [1.165, 1.54) is 17.5 Å². The normalized spacial score (nSPS) is 8.90. The first kappa shape index (κ1) is 7.15. The quantitative estimate of drug-likeness (QED) is 0.558. The van der Waals surface area contributed by atoms with Gasteiger partial charge in [0.1, 0.15) is 5.82 Å². The Bertz CT molecular complexity index is 279. The molecular weight excluding hydrogens is 151 g/mol. The highest BCUT2D eigenvalue weighted by Crippen LogP contribution is 1.99. The highest BCUT2D eigenvalue weighted by molar-refractivity contribution is 7.65. The third kappa shape index (κ3) is 1.77. The predicted molar refractivity (Wildman–Crippen MR) is 39.7 cm³/mol. The average Bonchev–Trinajstić information content (AvgIpc) is 1.88. The van der Waals surface area contributed by atoms with Crippen molar-refractivity contribution in [3.8, 4) is 0 Å². The largest absolute Gasteiger partial charge is 0.212 e. The summed E-state index contributed by atoms with van der Waals surface area (Å²) in [4.78, 5) is 0. The van der Waals surface area contributed by atoms with Gasteiger partial charge in [-0.3, -0.25) is 0 Å². The molecule has 0 saturated carbocycles. The average molecular weight is 156 g/mol. The Morgan fingerprint density at radius 1 is 1.50 bits per heavy atom. The Morgan fingerprint density at radius 2 is 2.30 bits per heavy atom. The molecule has 0 amide bonds. The Kier molecular flexibility index (Phi) is 2.34. The molecule has 0 aliphatic carbocycles. The molecule has 0 atom stereocenters. The zero-order valence-electron chi connectivity index (χ0n) is 5.08. The molecule has 0 unspecified atom stereocenters. The fraction of sp³-hybridized carbons (Fsp3) is 0. The van der Waals surface area contributed by atoms with Gasteiger partial charge in [0.2, 0.25) is 0 Å². The molecule has 1 aromatic rings. The zero-order chi connectivity index (χ0) is 7.40. The number of halogens is 1. The lowest BCUT2D eigenvalue weighted by atomic mass is 10.2. The summed E-state index contributed by atoms with van der Waals surface area (Å²) in [5.74, 6) is -0.317. The van der Waals surface area contributed by atoms with Crippen LogP contribution in [0.5, 0.6) is 0 Å². The summed E-state index contributed by atoms with van der Waals surface area (Å²) in [6, 6.07) is 5.89. The van der Waals surface area contributed by atoms with Crippen molar-refractivity contribution in [3.05, 3.63) is 35.6 Å². The van der Waals surface area contributed by atoms with E-state index < -0.39 is 0 Å². The first-order valence-electron chi connectivity index (χ1n) is 2.70. The lowest BCUT2D eigenvalue weighted by Crippen LogP contribution is -1.80. The van der Waals surface area contributed by atoms with E-state index in [1.807, 2.05) is 0 Å². The number of hydrogen-bond acceptors (Lipinski definition) is 1. The lowest BCUT2D eigenvalue weighted by Gasteiger charge is -1.88. The molecular formula is C7H5FOS. The summed E-state index contributed by atoms with van der Waals surface area (Å²) in [6.45, 7) is 0. The van der Waals surface area contributed by atoms with Crippen molar-refractivity contribution in [1.29, 1.82) is 0 Å². The third-order valence-electron chi connectivity index (χ3n) is 1.03. The van der Waals surface area contributed by atoms with Crippen LogP contribution in [0.1, 0.15) is 5.56 Å². The van der Waals surface area contributed by atoms with Gasteiger partial charge in [0, 0.05) is 5.37 Å². The van der Waals surface area contributed by atoms with E-state index in [9.17, 15) is 8.60 Å². The highest BCUT2D eigenvalue weighted by Gasteiger charge is 1.88. The number of benzene rings is 1.